The quantitative estimate of drug-likeness (QED) is 0.593. The molecule has 0 saturated carbocycles. The van der Waals surface area contributed by atoms with Gasteiger partial charge in [0.15, 0.2) is 9.84 Å². The SMILES string of the molecule is COc1ccc(CN(Cc2ccccc2)C(=O)c2cccc(S(C)(=O)=O)c2)cc1. The number of ether oxygens (including phenoxy) is 1. The molecule has 150 valence electrons. The zero-order chi connectivity index (χ0) is 20.9. The van der Waals surface area contributed by atoms with E-state index in [1.807, 2.05) is 54.6 Å². The van der Waals surface area contributed by atoms with Crippen molar-refractivity contribution in [3.63, 3.8) is 0 Å². The van der Waals surface area contributed by atoms with Gasteiger partial charge in [-0.3, -0.25) is 4.79 Å². The normalized spacial score (nSPS) is 11.1. The molecule has 3 aromatic rings. The first-order valence-corrected chi connectivity index (χ1v) is 11.0. The molecule has 0 N–H and O–H groups in total. The maximum atomic E-state index is 13.3. The molecule has 0 fully saturated rings. The molecule has 3 rings (SSSR count). The minimum absolute atomic E-state index is 0.132. The molecule has 6 heteroatoms. The molecule has 0 aliphatic heterocycles. The highest BCUT2D eigenvalue weighted by Gasteiger charge is 2.19. The molecule has 0 spiro atoms. The van der Waals surface area contributed by atoms with Crippen LogP contribution in [-0.4, -0.2) is 32.6 Å². The van der Waals surface area contributed by atoms with E-state index in [0.717, 1.165) is 23.1 Å². The van der Waals surface area contributed by atoms with Crippen LogP contribution in [0.15, 0.2) is 83.8 Å². The summed E-state index contributed by atoms with van der Waals surface area (Å²) < 4.78 is 29.0. The number of methoxy groups -OCH3 is 1. The number of nitrogens with zero attached hydrogens (tertiary/aromatic N) is 1. The van der Waals surface area contributed by atoms with Crippen molar-refractivity contribution in [2.24, 2.45) is 0 Å². The molecule has 0 aromatic heterocycles. The summed E-state index contributed by atoms with van der Waals surface area (Å²) in [7, 11) is -1.79. The van der Waals surface area contributed by atoms with Crippen LogP contribution in [0.25, 0.3) is 0 Å². The van der Waals surface area contributed by atoms with Crippen molar-refractivity contribution in [1.29, 1.82) is 0 Å². The van der Waals surface area contributed by atoms with Gasteiger partial charge in [0, 0.05) is 24.9 Å². The lowest BCUT2D eigenvalue weighted by Gasteiger charge is -2.23. The van der Waals surface area contributed by atoms with Crippen molar-refractivity contribution in [3.8, 4) is 5.75 Å². The largest absolute Gasteiger partial charge is 0.497 e. The highest BCUT2D eigenvalue weighted by molar-refractivity contribution is 7.90. The summed E-state index contributed by atoms with van der Waals surface area (Å²) in [5.41, 5.74) is 2.29. The second-order valence-electron chi connectivity index (χ2n) is 6.79. The van der Waals surface area contributed by atoms with Gasteiger partial charge in [0.2, 0.25) is 0 Å². The Morgan fingerprint density at radius 3 is 2.07 bits per heavy atom. The maximum Gasteiger partial charge on any atom is 0.254 e. The number of benzene rings is 3. The third-order valence-corrected chi connectivity index (χ3v) is 5.66. The van der Waals surface area contributed by atoms with E-state index in [9.17, 15) is 13.2 Å². The number of rotatable bonds is 7. The summed E-state index contributed by atoms with van der Waals surface area (Å²) in [5.74, 6) is 0.519. The Hall–Kier alpha value is -3.12. The van der Waals surface area contributed by atoms with Crippen LogP contribution in [0.4, 0.5) is 0 Å². The molecule has 0 heterocycles. The van der Waals surface area contributed by atoms with Crippen molar-refractivity contribution in [1.82, 2.24) is 4.90 Å². The Morgan fingerprint density at radius 2 is 1.48 bits per heavy atom. The first-order chi connectivity index (χ1) is 13.9. The van der Waals surface area contributed by atoms with Crippen LogP contribution in [0, 0.1) is 0 Å². The van der Waals surface area contributed by atoms with E-state index in [0.29, 0.717) is 18.7 Å². The van der Waals surface area contributed by atoms with Crippen LogP contribution < -0.4 is 4.74 Å². The number of amides is 1. The summed E-state index contributed by atoms with van der Waals surface area (Å²) in [4.78, 5) is 15.1. The summed E-state index contributed by atoms with van der Waals surface area (Å²) in [6.45, 7) is 0.801. The maximum absolute atomic E-state index is 13.3. The van der Waals surface area contributed by atoms with Crippen molar-refractivity contribution in [2.75, 3.05) is 13.4 Å². The molecule has 0 unspecified atom stereocenters. The summed E-state index contributed by atoms with van der Waals surface area (Å²) >= 11 is 0. The second kappa shape index (κ2) is 8.92. The fraction of sp³-hybridized carbons (Fsp3) is 0.174. The van der Waals surface area contributed by atoms with Crippen LogP contribution in [-0.2, 0) is 22.9 Å². The van der Waals surface area contributed by atoms with Crippen LogP contribution in [0.1, 0.15) is 21.5 Å². The predicted octanol–water partition coefficient (Wildman–Crippen LogP) is 3.94. The van der Waals surface area contributed by atoms with Gasteiger partial charge in [-0.1, -0.05) is 48.5 Å². The minimum Gasteiger partial charge on any atom is -0.497 e. The molecule has 0 bridgehead atoms. The van der Waals surface area contributed by atoms with Crippen molar-refractivity contribution in [3.05, 3.63) is 95.6 Å². The molecule has 29 heavy (non-hydrogen) atoms. The fourth-order valence-electron chi connectivity index (χ4n) is 3.00. The molecule has 0 atom stereocenters. The Balaban J connectivity index is 1.92. The number of carbonyl (C=O) groups is 1. The van der Waals surface area contributed by atoms with Crippen molar-refractivity contribution in [2.45, 2.75) is 18.0 Å². The van der Waals surface area contributed by atoms with Crippen LogP contribution in [0.5, 0.6) is 5.75 Å². The van der Waals surface area contributed by atoms with E-state index in [-0.39, 0.29) is 10.8 Å². The van der Waals surface area contributed by atoms with Gasteiger partial charge in [0.1, 0.15) is 5.75 Å². The van der Waals surface area contributed by atoms with Crippen LogP contribution >= 0.6 is 0 Å². The zero-order valence-corrected chi connectivity index (χ0v) is 17.2. The van der Waals surface area contributed by atoms with E-state index in [2.05, 4.69) is 0 Å². The number of carbonyl (C=O) groups excluding carboxylic acids is 1. The van der Waals surface area contributed by atoms with E-state index < -0.39 is 9.84 Å². The summed E-state index contributed by atoms with van der Waals surface area (Å²) in [5, 5.41) is 0. The summed E-state index contributed by atoms with van der Waals surface area (Å²) in [6, 6.07) is 23.4. The number of hydrogen-bond donors (Lipinski definition) is 0. The first kappa shape index (κ1) is 20.6. The smallest absolute Gasteiger partial charge is 0.254 e. The van der Waals surface area contributed by atoms with Gasteiger partial charge < -0.3 is 9.64 Å². The van der Waals surface area contributed by atoms with Gasteiger partial charge in [-0.2, -0.15) is 0 Å². The fourth-order valence-corrected chi connectivity index (χ4v) is 3.66. The van der Waals surface area contributed by atoms with Gasteiger partial charge in [-0.05, 0) is 41.5 Å². The lowest BCUT2D eigenvalue weighted by Crippen LogP contribution is -2.30. The lowest BCUT2D eigenvalue weighted by molar-refractivity contribution is 0.0729. The molecule has 0 saturated heterocycles. The Bertz CT molecular complexity index is 1080. The van der Waals surface area contributed by atoms with Crippen LogP contribution in [0.3, 0.4) is 0 Å². The monoisotopic (exact) mass is 409 g/mol. The average molecular weight is 410 g/mol. The molecule has 0 aliphatic rings. The molecule has 0 aliphatic carbocycles. The van der Waals surface area contributed by atoms with E-state index in [1.165, 1.54) is 12.1 Å². The van der Waals surface area contributed by atoms with Crippen LogP contribution in [0.2, 0.25) is 0 Å². The Labute approximate surface area is 171 Å². The number of hydrogen-bond acceptors (Lipinski definition) is 4. The topological polar surface area (TPSA) is 63.7 Å². The van der Waals surface area contributed by atoms with Crippen molar-refractivity contribution >= 4 is 15.7 Å². The highest BCUT2D eigenvalue weighted by atomic mass is 32.2. The van der Waals surface area contributed by atoms with Gasteiger partial charge >= 0.3 is 0 Å². The van der Waals surface area contributed by atoms with Gasteiger partial charge in [0.25, 0.3) is 5.91 Å². The van der Waals surface area contributed by atoms with Gasteiger partial charge in [0.05, 0.1) is 12.0 Å². The second-order valence-corrected chi connectivity index (χ2v) is 8.81. The minimum atomic E-state index is -3.39. The summed E-state index contributed by atoms with van der Waals surface area (Å²) in [6.07, 6.45) is 1.13. The third-order valence-electron chi connectivity index (χ3n) is 4.55. The molecule has 3 aromatic carbocycles. The highest BCUT2D eigenvalue weighted by Crippen LogP contribution is 2.19. The molecule has 5 nitrogen and oxygen atoms in total. The average Bonchev–Trinajstić information content (AvgIpc) is 2.73. The van der Waals surface area contributed by atoms with E-state index >= 15 is 0 Å². The third kappa shape index (κ3) is 5.45. The molecule has 1 amide bonds. The van der Waals surface area contributed by atoms with E-state index in [4.69, 9.17) is 4.74 Å². The Morgan fingerprint density at radius 1 is 0.862 bits per heavy atom. The first-order valence-electron chi connectivity index (χ1n) is 9.13. The predicted molar refractivity (Wildman–Crippen MR) is 113 cm³/mol. The molecular formula is C23H23NO4S. The van der Waals surface area contributed by atoms with Gasteiger partial charge in [-0.15, -0.1) is 0 Å². The van der Waals surface area contributed by atoms with Gasteiger partial charge in [-0.25, -0.2) is 8.42 Å². The Kier molecular flexibility index (Phi) is 6.34. The molecular weight excluding hydrogens is 386 g/mol. The van der Waals surface area contributed by atoms with E-state index in [1.54, 1.807) is 24.1 Å². The molecule has 0 radical (unpaired) electrons. The zero-order valence-electron chi connectivity index (χ0n) is 16.4. The lowest BCUT2D eigenvalue weighted by atomic mass is 10.1. The van der Waals surface area contributed by atoms with Crippen molar-refractivity contribution < 1.29 is 17.9 Å². The number of sulfone groups is 1. The standard InChI is InChI=1S/C23H23NO4S/c1-28-21-13-11-19(12-14-21)17-24(16-18-7-4-3-5-8-18)23(25)20-9-6-10-22(15-20)29(2,26)27/h3-15H,16-17H2,1-2H3.